The molecule has 0 spiro atoms. The van der Waals surface area contributed by atoms with E-state index in [4.69, 9.17) is 10.8 Å². The molecule has 1 unspecified atom stereocenters. The Labute approximate surface area is 123 Å². The summed E-state index contributed by atoms with van der Waals surface area (Å²) in [6, 6.07) is 3.39. The van der Waals surface area contributed by atoms with Crippen molar-refractivity contribution in [2.75, 3.05) is 13.1 Å². The van der Waals surface area contributed by atoms with E-state index in [2.05, 4.69) is 35.7 Å². The number of piperidine rings is 1. The Morgan fingerprint density at radius 1 is 1.35 bits per heavy atom. The fourth-order valence-corrected chi connectivity index (χ4v) is 3.32. The van der Waals surface area contributed by atoms with Crippen LogP contribution in [0.5, 0.6) is 0 Å². The molecule has 0 aromatic carbocycles. The minimum atomic E-state index is 0.546. The maximum Gasteiger partial charge on any atom is 0.0765 e. The maximum atomic E-state index is 5.75. The van der Waals surface area contributed by atoms with Gasteiger partial charge in [-0.2, -0.15) is 5.10 Å². The third-order valence-electron chi connectivity index (χ3n) is 4.59. The van der Waals surface area contributed by atoms with E-state index >= 15 is 0 Å². The zero-order valence-corrected chi connectivity index (χ0v) is 13.1. The van der Waals surface area contributed by atoms with Crippen LogP contribution in [0, 0.1) is 0 Å². The highest BCUT2D eigenvalue weighted by atomic mass is 15.3. The highest BCUT2D eigenvalue weighted by molar-refractivity contribution is 5.00. The first-order valence-corrected chi connectivity index (χ1v) is 8.26. The average molecular weight is 278 g/mol. The summed E-state index contributed by atoms with van der Waals surface area (Å²) in [4.78, 5) is 2.58. The monoisotopic (exact) mass is 278 g/mol. The molecule has 0 aliphatic carbocycles. The molecule has 1 atom stereocenters. The molecule has 2 rings (SSSR count). The summed E-state index contributed by atoms with van der Waals surface area (Å²) in [5.74, 6) is 0. The SMILES string of the molecule is CCC(CC)n1ccc(CN2CCCCC2CCN)n1. The van der Waals surface area contributed by atoms with E-state index in [-0.39, 0.29) is 0 Å². The summed E-state index contributed by atoms with van der Waals surface area (Å²) in [6.07, 6.45) is 9.53. The number of hydrogen-bond donors (Lipinski definition) is 1. The Balaban J connectivity index is 1.97. The maximum absolute atomic E-state index is 5.75. The lowest BCUT2D eigenvalue weighted by Crippen LogP contribution is -2.40. The average Bonchev–Trinajstić information content (AvgIpc) is 2.91. The second-order valence-corrected chi connectivity index (χ2v) is 5.95. The second kappa shape index (κ2) is 7.79. The summed E-state index contributed by atoms with van der Waals surface area (Å²) in [5.41, 5.74) is 6.96. The first-order chi connectivity index (χ1) is 9.78. The lowest BCUT2D eigenvalue weighted by molar-refractivity contribution is 0.132. The van der Waals surface area contributed by atoms with E-state index in [1.54, 1.807) is 0 Å². The first-order valence-electron chi connectivity index (χ1n) is 8.26. The molecular weight excluding hydrogens is 248 g/mol. The van der Waals surface area contributed by atoms with Gasteiger partial charge in [-0.15, -0.1) is 0 Å². The molecule has 1 fully saturated rings. The molecule has 2 N–H and O–H groups in total. The van der Waals surface area contributed by atoms with E-state index in [1.165, 1.54) is 31.5 Å². The van der Waals surface area contributed by atoms with Gasteiger partial charge in [-0.3, -0.25) is 9.58 Å². The Morgan fingerprint density at radius 2 is 2.15 bits per heavy atom. The van der Waals surface area contributed by atoms with E-state index in [0.717, 1.165) is 32.4 Å². The minimum Gasteiger partial charge on any atom is -0.330 e. The van der Waals surface area contributed by atoms with Gasteiger partial charge in [-0.25, -0.2) is 0 Å². The van der Waals surface area contributed by atoms with Crippen molar-refractivity contribution in [3.05, 3.63) is 18.0 Å². The third-order valence-corrected chi connectivity index (χ3v) is 4.59. The van der Waals surface area contributed by atoms with E-state index in [0.29, 0.717) is 12.1 Å². The van der Waals surface area contributed by atoms with Gasteiger partial charge in [0, 0.05) is 18.8 Å². The Bertz CT molecular complexity index is 382. The highest BCUT2D eigenvalue weighted by Gasteiger charge is 2.22. The normalized spacial score (nSPS) is 20.7. The number of likely N-dealkylation sites (tertiary alicyclic amines) is 1. The molecular formula is C16H30N4. The van der Waals surface area contributed by atoms with Gasteiger partial charge in [0.05, 0.1) is 11.7 Å². The minimum absolute atomic E-state index is 0.546. The molecule has 20 heavy (non-hydrogen) atoms. The van der Waals surface area contributed by atoms with Crippen molar-refractivity contribution >= 4 is 0 Å². The predicted molar refractivity (Wildman–Crippen MR) is 83.6 cm³/mol. The van der Waals surface area contributed by atoms with Gasteiger partial charge >= 0.3 is 0 Å². The zero-order chi connectivity index (χ0) is 14.4. The lowest BCUT2D eigenvalue weighted by Gasteiger charge is -2.35. The fourth-order valence-electron chi connectivity index (χ4n) is 3.32. The predicted octanol–water partition coefficient (Wildman–Crippen LogP) is 2.95. The molecule has 1 aromatic rings. The van der Waals surface area contributed by atoms with Crippen molar-refractivity contribution in [1.82, 2.24) is 14.7 Å². The van der Waals surface area contributed by atoms with Gasteiger partial charge in [-0.05, 0) is 51.3 Å². The smallest absolute Gasteiger partial charge is 0.0765 e. The van der Waals surface area contributed by atoms with Gasteiger partial charge < -0.3 is 5.73 Å². The van der Waals surface area contributed by atoms with E-state index in [1.807, 2.05) is 0 Å². The van der Waals surface area contributed by atoms with E-state index in [9.17, 15) is 0 Å². The van der Waals surface area contributed by atoms with Crippen molar-refractivity contribution in [2.45, 2.75) is 71.0 Å². The summed E-state index contributed by atoms with van der Waals surface area (Å²) in [7, 11) is 0. The molecule has 0 amide bonds. The first kappa shape index (κ1) is 15.5. The summed E-state index contributed by atoms with van der Waals surface area (Å²) in [5, 5.41) is 4.78. The second-order valence-electron chi connectivity index (χ2n) is 5.95. The molecule has 114 valence electrons. The Hall–Kier alpha value is -0.870. The van der Waals surface area contributed by atoms with Gasteiger partial charge in [0.25, 0.3) is 0 Å². The van der Waals surface area contributed by atoms with Crippen LogP contribution in [0.2, 0.25) is 0 Å². The van der Waals surface area contributed by atoms with Crippen molar-refractivity contribution in [2.24, 2.45) is 5.73 Å². The topological polar surface area (TPSA) is 47.1 Å². The van der Waals surface area contributed by atoms with Crippen LogP contribution in [0.1, 0.15) is 64.1 Å². The Morgan fingerprint density at radius 3 is 2.85 bits per heavy atom. The molecule has 1 aliphatic heterocycles. The fraction of sp³-hybridized carbons (Fsp3) is 0.812. The van der Waals surface area contributed by atoms with Crippen LogP contribution < -0.4 is 5.73 Å². The van der Waals surface area contributed by atoms with Crippen LogP contribution in [0.15, 0.2) is 12.3 Å². The Kier molecular flexibility index (Phi) is 6.05. The quantitative estimate of drug-likeness (QED) is 0.834. The molecule has 0 saturated carbocycles. The summed E-state index contributed by atoms with van der Waals surface area (Å²) < 4.78 is 2.15. The lowest BCUT2D eigenvalue weighted by atomic mass is 9.99. The van der Waals surface area contributed by atoms with Gasteiger partial charge in [-0.1, -0.05) is 20.3 Å². The van der Waals surface area contributed by atoms with Crippen molar-refractivity contribution < 1.29 is 0 Å². The van der Waals surface area contributed by atoms with Crippen LogP contribution in [-0.4, -0.2) is 33.8 Å². The summed E-state index contributed by atoms with van der Waals surface area (Å²) >= 11 is 0. The highest BCUT2D eigenvalue weighted by Crippen LogP contribution is 2.22. The molecule has 1 aliphatic rings. The van der Waals surface area contributed by atoms with Crippen molar-refractivity contribution in [3.63, 3.8) is 0 Å². The van der Waals surface area contributed by atoms with Crippen LogP contribution in [0.4, 0.5) is 0 Å². The molecule has 0 bridgehead atoms. The van der Waals surface area contributed by atoms with E-state index < -0.39 is 0 Å². The molecule has 1 aromatic heterocycles. The molecule has 0 radical (unpaired) electrons. The largest absolute Gasteiger partial charge is 0.330 e. The van der Waals surface area contributed by atoms with Crippen LogP contribution >= 0.6 is 0 Å². The zero-order valence-electron chi connectivity index (χ0n) is 13.1. The number of rotatable bonds is 7. The number of nitrogens with two attached hydrogens (primary N) is 1. The standard InChI is InChI=1S/C16H30N4/c1-3-15(4-2)20-12-9-14(18-20)13-19-11-6-5-7-16(19)8-10-17/h9,12,15-16H,3-8,10-11,13,17H2,1-2H3. The number of hydrogen-bond acceptors (Lipinski definition) is 3. The van der Waals surface area contributed by atoms with Crippen molar-refractivity contribution in [3.8, 4) is 0 Å². The van der Waals surface area contributed by atoms with Crippen LogP contribution in [0.25, 0.3) is 0 Å². The number of aromatic nitrogens is 2. The molecule has 4 nitrogen and oxygen atoms in total. The van der Waals surface area contributed by atoms with Crippen molar-refractivity contribution in [1.29, 1.82) is 0 Å². The van der Waals surface area contributed by atoms with Crippen LogP contribution in [-0.2, 0) is 6.54 Å². The molecule has 2 heterocycles. The van der Waals surface area contributed by atoms with Gasteiger partial charge in [0.2, 0.25) is 0 Å². The van der Waals surface area contributed by atoms with Crippen LogP contribution in [0.3, 0.4) is 0 Å². The molecule has 4 heteroatoms. The summed E-state index contributed by atoms with van der Waals surface area (Å²) in [6.45, 7) is 7.44. The van der Waals surface area contributed by atoms with Gasteiger partial charge in [0.15, 0.2) is 0 Å². The number of nitrogens with zero attached hydrogens (tertiary/aromatic N) is 3. The third kappa shape index (κ3) is 3.83. The molecule has 1 saturated heterocycles. The van der Waals surface area contributed by atoms with Gasteiger partial charge in [0.1, 0.15) is 0 Å².